The first-order chi connectivity index (χ1) is 10.9. The van der Waals surface area contributed by atoms with Gasteiger partial charge in [-0.25, -0.2) is 0 Å². The molecule has 1 fully saturated rings. The van der Waals surface area contributed by atoms with E-state index in [1.54, 1.807) is 0 Å². The smallest absolute Gasteiger partial charge is 0.280 e. The number of nitrogens with one attached hydrogen (secondary N) is 2. The van der Waals surface area contributed by atoms with Gasteiger partial charge in [-0.3, -0.25) is 9.59 Å². The Morgan fingerprint density at radius 1 is 1.26 bits per heavy atom. The summed E-state index contributed by atoms with van der Waals surface area (Å²) in [6.45, 7) is 7.87. The number of carbonyl (C=O) groups is 2. The molecule has 0 radical (unpaired) electrons. The minimum atomic E-state index is -0.197. The summed E-state index contributed by atoms with van der Waals surface area (Å²) in [6.07, 6.45) is 2.18. The van der Waals surface area contributed by atoms with E-state index in [1.807, 2.05) is 50.9 Å². The van der Waals surface area contributed by atoms with Crippen molar-refractivity contribution in [1.82, 2.24) is 4.90 Å². The molecule has 0 aliphatic carbocycles. The van der Waals surface area contributed by atoms with Crippen LogP contribution in [-0.4, -0.2) is 49.4 Å². The van der Waals surface area contributed by atoms with E-state index in [2.05, 4.69) is 5.32 Å². The maximum absolute atomic E-state index is 12.4. The van der Waals surface area contributed by atoms with Crippen molar-refractivity contribution in [3.05, 3.63) is 29.3 Å². The SMILES string of the molecule is Cc1ccc(C)c(NC(=O)C[NH+](C)[C@@H](C)C(=O)N2CCCC2)c1. The number of benzene rings is 1. The van der Waals surface area contributed by atoms with E-state index in [0.29, 0.717) is 0 Å². The first kappa shape index (κ1) is 17.5. The first-order valence-electron chi connectivity index (χ1n) is 8.36. The van der Waals surface area contributed by atoms with Crippen molar-refractivity contribution < 1.29 is 14.5 Å². The van der Waals surface area contributed by atoms with Crippen LogP contribution in [0.5, 0.6) is 0 Å². The van der Waals surface area contributed by atoms with Gasteiger partial charge in [-0.15, -0.1) is 0 Å². The van der Waals surface area contributed by atoms with Crippen LogP contribution in [0.3, 0.4) is 0 Å². The van der Waals surface area contributed by atoms with Crippen LogP contribution in [0.1, 0.15) is 30.9 Å². The highest BCUT2D eigenvalue weighted by atomic mass is 16.2. The van der Waals surface area contributed by atoms with Crippen LogP contribution in [0.4, 0.5) is 5.69 Å². The average Bonchev–Trinajstić information content (AvgIpc) is 3.03. The number of hydrogen-bond acceptors (Lipinski definition) is 2. The van der Waals surface area contributed by atoms with Crippen molar-refractivity contribution in [2.75, 3.05) is 32.0 Å². The van der Waals surface area contributed by atoms with Crippen molar-refractivity contribution in [3.63, 3.8) is 0 Å². The number of carbonyl (C=O) groups excluding carboxylic acids is 2. The van der Waals surface area contributed by atoms with Gasteiger partial charge >= 0.3 is 0 Å². The second-order valence-electron chi connectivity index (χ2n) is 6.64. The lowest BCUT2D eigenvalue weighted by Crippen LogP contribution is -3.15. The van der Waals surface area contributed by atoms with Gasteiger partial charge in [0.2, 0.25) is 0 Å². The monoisotopic (exact) mass is 318 g/mol. The largest absolute Gasteiger partial charge is 0.338 e. The fourth-order valence-corrected chi connectivity index (χ4v) is 2.89. The number of likely N-dealkylation sites (N-methyl/N-ethyl adjacent to an activating group) is 1. The summed E-state index contributed by atoms with van der Waals surface area (Å²) in [7, 11) is 1.90. The van der Waals surface area contributed by atoms with Crippen LogP contribution >= 0.6 is 0 Å². The Kier molecular flexibility index (Phi) is 5.77. The molecule has 0 saturated carbocycles. The van der Waals surface area contributed by atoms with Crippen molar-refractivity contribution in [3.8, 4) is 0 Å². The highest BCUT2D eigenvalue weighted by Crippen LogP contribution is 2.15. The van der Waals surface area contributed by atoms with Crippen molar-refractivity contribution in [2.24, 2.45) is 0 Å². The molecule has 23 heavy (non-hydrogen) atoms. The van der Waals surface area contributed by atoms with E-state index in [9.17, 15) is 9.59 Å². The van der Waals surface area contributed by atoms with Crippen molar-refractivity contribution in [2.45, 2.75) is 39.7 Å². The van der Waals surface area contributed by atoms with E-state index in [0.717, 1.165) is 47.6 Å². The molecule has 5 nitrogen and oxygen atoms in total. The molecule has 2 N–H and O–H groups in total. The standard InChI is InChI=1S/C18H27N3O2/c1-13-7-8-14(2)16(11-13)19-17(22)12-20(4)15(3)18(23)21-9-5-6-10-21/h7-8,11,15H,5-6,9-10,12H2,1-4H3,(H,19,22)/p+1/t15-/m0/s1. The van der Waals surface area contributed by atoms with Gasteiger partial charge in [-0.05, 0) is 50.8 Å². The quantitative estimate of drug-likeness (QED) is 0.842. The second kappa shape index (κ2) is 7.59. The summed E-state index contributed by atoms with van der Waals surface area (Å²) in [6, 6.07) is 5.80. The average molecular weight is 318 g/mol. The first-order valence-corrected chi connectivity index (χ1v) is 8.36. The van der Waals surface area contributed by atoms with Gasteiger partial charge in [0.25, 0.3) is 11.8 Å². The highest BCUT2D eigenvalue weighted by Gasteiger charge is 2.29. The molecular weight excluding hydrogens is 290 g/mol. The van der Waals surface area contributed by atoms with Gasteiger partial charge < -0.3 is 15.1 Å². The number of likely N-dealkylation sites (tertiary alicyclic amines) is 1. The Bertz CT molecular complexity index is 580. The molecule has 1 heterocycles. The van der Waals surface area contributed by atoms with E-state index < -0.39 is 0 Å². The zero-order valence-corrected chi connectivity index (χ0v) is 14.6. The predicted octanol–water partition coefficient (Wildman–Crippen LogP) is 0.768. The zero-order valence-electron chi connectivity index (χ0n) is 14.6. The lowest BCUT2D eigenvalue weighted by Gasteiger charge is -2.25. The fraction of sp³-hybridized carbons (Fsp3) is 0.556. The molecule has 0 aromatic heterocycles. The Morgan fingerprint density at radius 2 is 1.91 bits per heavy atom. The van der Waals surface area contributed by atoms with Crippen LogP contribution in [0.15, 0.2) is 18.2 Å². The Labute approximate surface area is 138 Å². The van der Waals surface area contributed by atoms with E-state index in [4.69, 9.17) is 0 Å². The molecule has 0 spiro atoms. The summed E-state index contributed by atoms with van der Waals surface area (Å²) >= 11 is 0. The third-order valence-electron chi connectivity index (χ3n) is 4.63. The number of aryl methyl sites for hydroxylation is 2. The number of anilines is 1. The molecule has 126 valence electrons. The Hall–Kier alpha value is -1.88. The van der Waals surface area contributed by atoms with Gasteiger partial charge in [-0.1, -0.05) is 12.1 Å². The van der Waals surface area contributed by atoms with Gasteiger partial charge in [-0.2, -0.15) is 0 Å². The number of amides is 2. The van der Waals surface area contributed by atoms with Gasteiger partial charge in [0, 0.05) is 18.8 Å². The molecule has 1 aromatic rings. The molecular formula is C18H28N3O2+. The predicted molar refractivity (Wildman–Crippen MR) is 91.6 cm³/mol. The summed E-state index contributed by atoms with van der Waals surface area (Å²) in [4.78, 5) is 27.5. The molecule has 1 unspecified atom stereocenters. The van der Waals surface area contributed by atoms with E-state index >= 15 is 0 Å². The zero-order chi connectivity index (χ0) is 17.0. The molecule has 5 heteroatoms. The topological polar surface area (TPSA) is 53.9 Å². The Morgan fingerprint density at radius 3 is 2.57 bits per heavy atom. The lowest BCUT2D eigenvalue weighted by atomic mass is 10.1. The molecule has 2 atom stereocenters. The fourth-order valence-electron chi connectivity index (χ4n) is 2.89. The number of hydrogen-bond donors (Lipinski definition) is 2. The van der Waals surface area contributed by atoms with Gasteiger partial charge in [0.05, 0.1) is 7.05 Å². The van der Waals surface area contributed by atoms with Crippen LogP contribution in [0.2, 0.25) is 0 Å². The third-order valence-corrected chi connectivity index (χ3v) is 4.63. The Balaban J connectivity index is 1.91. The van der Waals surface area contributed by atoms with Gasteiger partial charge in [0.15, 0.2) is 12.6 Å². The third kappa shape index (κ3) is 4.55. The molecule has 1 aromatic carbocycles. The molecule has 2 amide bonds. The molecule has 1 aliphatic rings. The molecule has 1 saturated heterocycles. The summed E-state index contributed by atoms with van der Waals surface area (Å²) in [5.41, 5.74) is 3.01. The minimum absolute atomic E-state index is 0.0581. The van der Waals surface area contributed by atoms with Crippen LogP contribution in [0, 0.1) is 13.8 Å². The number of quaternary nitrogens is 1. The maximum Gasteiger partial charge on any atom is 0.280 e. The summed E-state index contributed by atoms with van der Waals surface area (Å²) < 4.78 is 0. The van der Waals surface area contributed by atoms with E-state index in [1.165, 1.54) is 0 Å². The lowest BCUT2D eigenvalue weighted by molar-refractivity contribution is -0.886. The summed E-state index contributed by atoms with van der Waals surface area (Å²) in [5, 5.41) is 2.96. The van der Waals surface area contributed by atoms with Gasteiger partial charge in [0.1, 0.15) is 0 Å². The minimum Gasteiger partial charge on any atom is -0.338 e. The molecule has 0 bridgehead atoms. The maximum atomic E-state index is 12.4. The molecule has 1 aliphatic heterocycles. The number of nitrogens with zero attached hydrogens (tertiary/aromatic N) is 1. The van der Waals surface area contributed by atoms with Crippen molar-refractivity contribution in [1.29, 1.82) is 0 Å². The van der Waals surface area contributed by atoms with E-state index in [-0.39, 0.29) is 24.4 Å². The van der Waals surface area contributed by atoms with Crippen LogP contribution in [-0.2, 0) is 9.59 Å². The number of rotatable bonds is 5. The van der Waals surface area contributed by atoms with Crippen LogP contribution < -0.4 is 10.2 Å². The second-order valence-corrected chi connectivity index (χ2v) is 6.64. The molecule has 2 rings (SSSR count). The normalized spacial score (nSPS) is 17.0. The summed E-state index contributed by atoms with van der Waals surface area (Å²) in [5.74, 6) is 0.0943. The highest BCUT2D eigenvalue weighted by molar-refractivity contribution is 5.92. The van der Waals surface area contributed by atoms with Crippen LogP contribution in [0.25, 0.3) is 0 Å². The van der Waals surface area contributed by atoms with Crippen molar-refractivity contribution >= 4 is 17.5 Å².